The van der Waals surface area contributed by atoms with Crippen molar-refractivity contribution in [3.63, 3.8) is 0 Å². The molecule has 0 bridgehead atoms. The first kappa shape index (κ1) is 24.3. The smallest absolute Gasteiger partial charge is 0.338 e. The van der Waals surface area contributed by atoms with Crippen LogP contribution in [0.3, 0.4) is 0 Å². The van der Waals surface area contributed by atoms with Gasteiger partial charge in [0.15, 0.2) is 4.80 Å². The molecular formula is C25H26N4O5S. The van der Waals surface area contributed by atoms with Gasteiger partial charge in [-0.2, -0.15) is 4.99 Å². The van der Waals surface area contributed by atoms with Crippen LogP contribution in [-0.2, 0) is 11.3 Å². The highest BCUT2D eigenvalue weighted by molar-refractivity contribution is 7.16. The maximum atomic E-state index is 13.1. The van der Waals surface area contributed by atoms with Gasteiger partial charge in [-0.3, -0.25) is 14.9 Å². The summed E-state index contributed by atoms with van der Waals surface area (Å²) in [6.45, 7) is 7.72. The number of nitro groups is 1. The summed E-state index contributed by atoms with van der Waals surface area (Å²) in [4.78, 5) is 43.2. The van der Waals surface area contributed by atoms with Crippen LogP contribution in [0, 0.1) is 10.1 Å². The van der Waals surface area contributed by atoms with Crippen molar-refractivity contribution in [2.45, 2.75) is 32.7 Å². The van der Waals surface area contributed by atoms with Crippen LogP contribution in [-0.4, -0.2) is 41.1 Å². The molecule has 1 aromatic heterocycles. The van der Waals surface area contributed by atoms with Crippen LogP contribution in [0.1, 0.15) is 46.9 Å². The number of benzene rings is 2. The molecule has 1 fully saturated rings. The summed E-state index contributed by atoms with van der Waals surface area (Å²) < 4.78 is 7.65. The number of thiazole rings is 1. The molecule has 0 unspecified atom stereocenters. The Hall–Kier alpha value is -3.79. The number of nitro benzene ring substituents is 1. The van der Waals surface area contributed by atoms with Gasteiger partial charge in [-0.05, 0) is 56.5 Å². The van der Waals surface area contributed by atoms with Gasteiger partial charge < -0.3 is 14.2 Å². The molecule has 1 aliphatic rings. The summed E-state index contributed by atoms with van der Waals surface area (Å²) >= 11 is 1.25. The monoisotopic (exact) mass is 494 g/mol. The minimum absolute atomic E-state index is 0.0951. The molecule has 0 radical (unpaired) electrons. The molecule has 0 spiro atoms. The number of carbonyl (C=O) groups excluding carboxylic acids is 2. The lowest BCUT2D eigenvalue weighted by Crippen LogP contribution is -2.30. The van der Waals surface area contributed by atoms with E-state index in [4.69, 9.17) is 4.74 Å². The van der Waals surface area contributed by atoms with E-state index in [0.29, 0.717) is 22.6 Å². The third-order valence-corrected chi connectivity index (χ3v) is 6.86. The lowest BCUT2D eigenvalue weighted by molar-refractivity contribution is -0.384. The van der Waals surface area contributed by atoms with Crippen molar-refractivity contribution in [2.24, 2.45) is 4.99 Å². The number of allylic oxidation sites excluding steroid dienone is 1. The molecule has 4 rings (SSSR count). The average Bonchev–Trinajstić information content (AvgIpc) is 3.20. The van der Waals surface area contributed by atoms with E-state index in [-0.39, 0.29) is 17.9 Å². The normalized spacial score (nSPS) is 14.2. The fourth-order valence-electron chi connectivity index (χ4n) is 4.16. The molecule has 10 heteroatoms. The molecule has 2 heterocycles. The standard InChI is InChI=1S/C25H26N4O5S/c1-3-12-28-20-11-9-18(24(31)34-4-2)16-22(20)35-25(28)26-23(30)17-8-10-19(21(15-17)29(32)33)27-13-6-5-7-14-27/h3,8-11,15-16H,1,4-7,12-14H2,2H3. The Balaban J connectivity index is 1.74. The third-order valence-electron chi connectivity index (χ3n) is 5.82. The van der Waals surface area contributed by atoms with Crippen LogP contribution < -0.4 is 9.70 Å². The van der Waals surface area contributed by atoms with E-state index in [9.17, 15) is 19.7 Å². The molecule has 0 aliphatic carbocycles. The zero-order valence-electron chi connectivity index (χ0n) is 19.4. The number of nitrogens with zero attached hydrogens (tertiary/aromatic N) is 4. The minimum atomic E-state index is -0.576. The number of esters is 1. The number of carbonyl (C=O) groups is 2. The van der Waals surface area contributed by atoms with Gasteiger partial charge in [-0.15, -0.1) is 6.58 Å². The van der Waals surface area contributed by atoms with Crippen LogP contribution in [0.15, 0.2) is 54.0 Å². The summed E-state index contributed by atoms with van der Waals surface area (Å²) in [6.07, 6.45) is 4.77. The lowest BCUT2D eigenvalue weighted by atomic mass is 10.1. The number of hydrogen-bond acceptors (Lipinski definition) is 7. The highest BCUT2D eigenvalue weighted by Crippen LogP contribution is 2.31. The minimum Gasteiger partial charge on any atom is -0.462 e. The van der Waals surface area contributed by atoms with Crippen molar-refractivity contribution in [3.8, 4) is 0 Å². The number of hydrogen-bond donors (Lipinski definition) is 0. The van der Waals surface area contributed by atoms with Crippen molar-refractivity contribution in [1.82, 2.24) is 4.57 Å². The first-order chi connectivity index (χ1) is 16.9. The van der Waals surface area contributed by atoms with E-state index < -0.39 is 16.8 Å². The van der Waals surface area contributed by atoms with E-state index in [1.807, 2.05) is 9.47 Å². The predicted octanol–water partition coefficient (Wildman–Crippen LogP) is 4.71. The highest BCUT2D eigenvalue weighted by Gasteiger charge is 2.23. The fraction of sp³-hybridized carbons (Fsp3) is 0.320. The summed E-state index contributed by atoms with van der Waals surface area (Å²) in [6, 6.07) is 9.69. The Kier molecular flexibility index (Phi) is 7.40. The quantitative estimate of drug-likeness (QED) is 0.204. The molecule has 1 amide bonds. The summed E-state index contributed by atoms with van der Waals surface area (Å²) in [5.74, 6) is -0.998. The first-order valence-corrected chi connectivity index (χ1v) is 12.3. The van der Waals surface area contributed by atoms with E-state index in [2.05, 4.69) is 11.6 Å². The van der Waals surface area contributed by atoms with Gasteiger partial charge in [-0.1, -0.05) is 17.4 Å². The van der Waals surface area contributed by atoms with Crippen molar-refractivity contribution >= 4 is 44.8 Å². The second-order valence-corrected chi connectivity index (χ2v) is 9.12. The molecule has 35 heavy (non-hydrogen) atoms. The molecule has 0 saturated carbocycles. The van der Waals surface area contributed by atoms with Gasteiger partial charge in [-0.25, -0.2) is 4.79 Å². The number of piperidine rings is 1. The van der Waals surface area contributed by atoms with E-state index in [1.54, 1.807) is 43.3 Å². The summed E-state index contributed by atoms with van der Waals surface area (Å²) in [5, 5.41) is 11.8. The molecule has 0 N–H and O–H groups in total. The van der Waals surface area contributed by atoms with Gasteiger partial charge in [0.1, 0.15) is 5.69 Å². The molecule has 2 aromatic carbocycles. The first-order valence-electron chi connectivity index (χ1n) is 11.5. The Morgan fingerprint density at radius 2 is 1.91 bits per heavy atom. The number of ether oxygens (including phenoxy) is 1. The summed E-state index contributed by atoms with van der Waals surface area (Å²) in [7, 11) is 0. The van der Waals surface area contributed by atoms with Gasteiger partial charge in [0.2, 0.25) is 0 Å². The number of amides is 1. The summed E-state index contributed by atoms with van der Waals surface area (Å²) in [5.41, 5.74) is 1.78. The van der Waals surface area contributed by atoms with E-state index in [0.717, 1.165) is 42.6 Å². The van der Waals surface area contributed by atoms with Crippen molar-refractivity contribution < 1.29 is 19.2 Å². The van der Waals surface area contributed by atoms with Gasteiger partial charge in [0, 0.05) is 31.3 Å². The second kappa shape index (κ2) is 10.6. The Bertz CT molecular complexity index is 1370. The number of aromatic nitrogens is 1. The lowest BCUT2D eigenvalue weighted by Gasteiger charge is -2.28. The molecule has 182 valence electrons. The zero-order chi connectivity index (χ0) is 24.9. The van der Waals surface area contributed by atoms with Crippen molar-refractivity contribution in [2.75, 3.05) is 24.6 Å². The van der Waals surface area contributed by atoms with Crippen LogP contribution in [0.4, 0.5) is 11.4 Å². The Labute approximate surface area is 206 Å². The van der Waals surface area contributed by atoms with E-state index in [1.165, 1.54) is 17.4 Å². The predicted molar refractivity (Wildman–Crippen MR) is 135 cm³/mol. The maximum absolute atomic E-state index is 13.1. The van der Waals surface area contributed by atoms with E-state index >= 15 is 0 Å². The van der Waals surface area contributed by atoms with Crippen LogP contribution >= 0.6 is 11.3 Å². The second-order valence-electron chi connectivity index (χ2n) is 8.11. The number of rotatable bonds is 7. The highest BCUT2D eigenvalue weighted by atomic mass is 32.1. The molecule has 3 aromatic rings. The van der Waals surface area contributed by atoms with Crippen molar-refractivity contribution in [1.29, 1.82) is 0 Å². The Morgan fingerprint density at radius 3 is 2.60 bits per heavy atom. The zero-order valence-corrected chi connectivity index (χ0v) is 20.3. The molecular weight excluding hydrogens is 468 g/mol. The number of anilines is 1. The molecule has 0 atom stereocenters. The van der Waals surface area contributed by atoms with Crippen molar-refractivity contribution in [3.05, 3.63) is 75.1 Å². The van der Waals surface area contributed by atoms with Gasteiger partial charge in [0.25, 0.3) is 11.6 Å². The van der Waals surface area contributed by atoms with Crippen LogP contribution in [0.5, 0.6) is 0 Å². The molecule has 1 saturated heterocycles. The van der Waals surface area contributed by atoms with Crippen LogP contribution in [0.2, 0.25) is 0 Å². The third kappa shape index (κ3) is 5.17. The largest absolute Gasteiger partial charge is 0.462 e. The topological polar surface area (TPSA) is 107 Å². The van der Waals surface area contributed by atoms with Gasteiger partial charge in [0.05, 0.1) is 27.3 Å². The maximum Gasteiger partial charge on any atom is 0.338 e. The molecule has 1 aliphatic heterocycles. The average molecular weight is 495 g/mol. The molecule has 9 nitrogen and oxygen atoms in total. The van der Waals surface area contributed by atoms with Gasteiger partial charge >= 0.3 is 5.97 Å². The number of fused-ring (bicyclic) bond motifs is 1. The fourth-order valence-corrected chi connectivity index (χ4v) is 5.24. The van der Waals surface area contributed by atoms with Crippen LogP contribution in [0.25, 0.3) is 10.2 Å². The Morgan fingerprint density at radius 1 is 1.17 bits per heavy atom. The SMILES string of the molecule is C=CCn1c(=NC(=O)c2ccc(N3CCCCC3)c([N+](=O)[O-])c2)sc2cc(C(=O)OCC)ccc21.